The molecule has 5 rings (SSSR count). The van der Waals surface area contributed by atoms with Crippen LogP contribution in [0.4, 0.5) is 10.5 Å². The molecule has 3 heterocycles. The molecular formula is C26H21N5O8S2. The van der Waals surface area contributed by atoms with E-state index in [2.05, 4.69) is 15.0 Å². The molecule has 1 saturated heterocycles. The van der Waals surface area contributed by atoms with Gasteiger partial charge < -0.3 is 5.11 Å². The number of hydrogen-bond acceptors (Lipinski definition) is 9. The lowest BCUT2D eigenvalue weighted by Crippen LogP contribution is -2.42. The van der Waals surface area contributed by atoms with Crippen LogP contribution < -0.4 is 21.3 Å². The maximum Gasteiger partial charge on any atom is 0.333 e. The van der Waals surface area contributed by atoms with Crippen LogP contribution in [0.5, 0.6) is 0 Å². The van der Waals surface area contributed by atoms with Crippen molar-refractivity contribution in [2.24, 2.45) is 0 Å². The van der Waals surface area contributed by atoms with Gasteiger partial charge in [0, 0.05) is 11.9 Å². The molecule has 15 heteroatoms. The SMILES string of the molecule is O=C(O)Cn1c(=O)c2cccnc2n(Cc2ccc(NS(=O)(=O)c3ccc(CC4SC(=O)NC4=O)cc3)cc2)c1=O. The van der Waals surface area contributed by atoms with Crippen molar-refractivity contribution >= 4 is 55.6 Å². The normalized spacial score (nSPS) is 15.2. The second-order valence-electron chi connectivity index (χ2n) is 9.06. The highest BCUT2D eigenvalue weighted by molar-refractivity contribution is 8.15. The summed E-state index contributed by atoms with van der Waals surface area (Å²) in [5, 5.41) is 10.5. The number of nitrogens with one attached hydrogen (secondary N) is 2. The molecule has 0 spiro atoms. The Hall–Kier alpha value is -4.76. The number of carbonyl (C=O) groups excluding carboxylic acids is 2. The van der Waals surface area contributed by atoms with Crippen molar-refractivity contribution in [1.82, 2.24) is 19.4 Å². The van der Waals surface area contributed by atoms with Crippen LogP contribution in [0, 0.1) is 0 Å². The highest BCUT2D eigenvalue weighted by Gasteiger charge is 2.31. The number of carbonyl (C=O) groups is 3. The number of nitrogens with zero attached hydrogens (tertiary/aromatic N) is 3. The average molecular weight is 596 g/mol. The lowest BCUT2D eigenvalue weighted by Gasteiger charge is -2.13. The van der Waals surface area contributed by atoms with E-state index in [-0.39, 0.29) is 40.5 Å². The number of imide groups is 1. The second kappa shape index (κ2) is 11.0. The Morgan fingerprint density at radius 2 is 1.66 bits per heavy atom. The minimum absolute atomic E-state index is 0.00490. The van der Waals surface area contributed by atoms with Gasteiger partial charge in [0.25, 0.3) is 20.8 Å². The monoisotopic (exact) mass is 595 g/mol. The van der Waals surface area contributed by atoms with E-state index >= 15 is 0 Å². The Morgan fingerprint density at radius 3 is 2.29 bits per heavy atom. The second-order valence-corrected chi connectivity index (χ2v) is 11.9. The molecule has 2 amide bonds. The zero-order chi connectivity index (χ0) is 29.3. The van der Waals surface area contributed by atoms with Crippen LogP contribution in [0.15, 0.2) is 81.3 Å². The molecule has 13 nitrogen and oxygen atoms in total. The van der Waals surface area contributed by atoms with Gasteiger partial charge in [-0.1, -0.05) is 36.0 Å². The summed E-state index contributed by atoms with van der Waals surface area (Å²) in [6.45, 7) is -0.859. The van der Waals surface area contributed by atoms with Crippen LogP contribution in [0.3, 0.4) is 0 Å². The molecule has 1 unspecified atom stereocenters. The topological polar surface area (TPSA) is 187 Å². The van der Waals surface area contributed by atoms with Crippen LogP contribution in [0.1, 0.15) is 11.1 Å². The molecule has 2 aromatic carbocycles. The Labute approximate surface area is 235 Å². The highest BCUT2D eigenvalue weighted by Crippen LogP contribution is 2.24. The van der Waals surface area contributed by atoms with Gasteiger partial charge in [-0.15, -0.1) is 0 Å². The van der Waals surface area contributed by atoms with Crippen molar-refractivity contribution in [2.75, 3.05) is 4.72 Å². The molecule has 2 aromatic heterocycles. The summed E-state index contributed by atoms with van der Waals surface area (Å²) in [4.78, 5) is 64.1. The quantitative estimate of drug-likeness (QED) is 0.255. The number of fused-ring (bicyclic) bond motifs is 1. The first-order valence-corrected chi connectivity index (χ1v) is 14.4. The Kier molecular flexibility index (Phi) is 7.47. The number of anilines is 1. The number of benzene rings is 2. The molecule has 0 bridgehead atoms. The molecule has 0 saturated carbocycles. The van der Waals surface area contributed by atoms with E-state index in [1.165, 1.54) is 47.2 Å². The number of pyridine rings is 1. The molecule has 4 aromatic rings. The van der Waals surface area contributed by atoms with Crippen molar-refractivity contribution in [1.29, 1.82) is 0 Å². The fraction of sp³-hybridized carbons (Fsp3) is 0.154. The summed E-state index contributed by atoms with van der Waals surface area (Å²) in [5.41, 5.74) is 0.0163. The van der Waals surface area contributed by atoms with Gasteiger partial charge in [-0.3, -0.25) is 33.8 Å². The first-order valence-electron chi connectivity index (χ1n) is 12.0. The fourth-order valence-electron chi connectivity index (χ4n) is 4.29. The number of hydrogen-bond donors (Lipinski definition) is 3. The van der Waals surface area contributed by atoms with E-state index in [1.807, 2.05) is 0 Å². The number of aromatic nitrogens is 3. The number of amides is 2. The molecule has 1 atom stereocenters. The molecule has 210 valence electrons. The maximum atomic E-state index is 13.0. The van der Waals surface area contributed by atoms with E-state index < -0.39 is 44.3 Å². The summed E-state index contributed by atoms with van der Waals surface area (Å²) < 4.78 is 30.1. The molecule has 1 fully saturated rings. The van der Waals surface area contributed by atoms with Gasteiger partial charge in [-0.25, -0.2) is 22.8 Å². The van der Waals surface area contributed by atoms with Gasteiger partial charge in [-0.05, 0) is 53.9 Å². The minimum atomic E-state index is -3.95. The van der Waals surface area contributed by atoms with Crippen molar-refractivity contribution in [2.45, 2.75) is 29.7 Å². The Balaban J connectivity index is 1.33. The number of aliphatic carboxylic acids is 1. The average Bonchev–Trinajstić information content (AvgIpc) is 3.26. The lowest BCUT2D eigenvalue weighted by atomic mass is 10.1. The Morgan fingerprint density at radius 1 is 0.976 bits per heavy atom. The van der Waals surface area contributed by atoms with Crippen LogP contribution in [-0.2, 0) is 39.1 Å². The van der Waals surface area contributed by atoms with E-state index in [1.54, 1.807) is 24.3 Å². The molecule has 3 N–H and O–H groups in total. The standard InChI is InChI=1S/C26H21N5O8S2/c32-21(33)14-31-24(35)19-2-1-11-27-22(19)30(26(31)37)13-16-3-7-17(8-4-16)29-41(38,39)18-9-5-15(6-10-18)12-20-23(34)28-25(36)40-20/h1-11,20,29H,12-14H2,(H,32,33)(H,28,34,36). The van der Waals surface area contributed by atoms with Gasteiger partial charge in [0.1, 0.15) is 12.2 Å². The van der Waals surface area contributed by atoms with Gasteiger partial charge in [0.05, 0.1) is 22.1 Å². The number of carboxylic acid groups (broad SMARTS) is 1. The van der Waals surface area contributed by atoms with E-state index in [0.29, 0.717) is 15.7 Å². The smallest absolute Gasteiger partial charge is 0.333 e. The molecule has 41 heavy (non-hydrogen) atoms. The number of carboxylic acids is 1. The van der Waals surface area contributed by atoms with Crippen LogP contribution >= 0.6 is 11.8 Å². The lowest BCUT2D eigenvalue weighted by molar-refractivity contribution is -0.137. The van der Waals surface area contributed by atoms with E-state index in [4.69, 9.17) is 5.11 Å². The van der Waals surface area contributed by atoms with E-state index in [9.17, 15) is 32.4 Å². The van der Waals surface area contributed by atoms with Gasteiger partial charge >= 0.3 is 11.7 Å². The molecule has 0 radical (unpaired) electrons. The van der Waals surface area contributed by atoms with Gasteiger partial charge in [0.15, 0.2) is 0 Å². The highest BCUT2D eigenvalue weighted by atomic mass is 32.2. The van der Waals surface area contributed by atoms with Crippen molar-refractivity contribution in [3.05, 3.63) is 98.8 Å². The predicted octanol–water partition coefficient (Wildman–Crippen LogP) is 1.39. The Bertz CT molecular complexity index is 1920. The van der Waals surface area contributed by atoms with Gasteiger partial charge in [0.2, 0.25) is 5.91 Å². The third-order valence-corrected chi connectivity index (χ3v) is 8.62. The van der Waals surface area contributed by atoms with Crippen molar-refractivity contribution in [3.63, 3.8) is 0 Å². The maximum absolute atomic E-state index is 13.0. The zero-order valence-electron chi connectivity index (χ0n) is 21.0. The summed E-state index contributed by atoms with van der Waals surface area (Å²) in [7, 11) is -3.95. The van der Waals surface area contributed by atoms with Crippen LogP contribution in [0.2, 0.25) is 0 Å². The minimum Gasteiger partial charge on any atom is -0.480 e. The summed E-state index contributed by atoms with van der Waals surface area (Å²) in [5.74, 6) is -1.72. The first kappa shape index (κ1) is 27.8. The van der Waals surface area contributed by atoms with E-state index in [0.717, 1.165) is 11.8 Å². The number of sulfonamides is 1. The van der Waals surface area contributed by atoms with Crippen molar-refractivity contribution < 1.29 is 27.9 Å². The third kappa shape index (κ3) is 5.90. The summed E-state index contributed by atoms with van der Waals surface area (Å²) in [6, 6.07) is 15.1. The molecular weight excluding hydrogens is 574 g/mol. The van der Waals surface area contributed by atoms with Gasteiger partial charge in [-0.2, -0.15) is 0 Å². The number of rotatable bonds is 9. The van der Waals surface area contributed by atoms with Crippen LogP contribution in [0.25, 0.3) is 11.0 Å². The zero-order valence-corrected chi connectivity index (χ0v) is 22.6. The summed E-state index contributed by atoms with van der Waals surface area (Å²) in [6.07, 6.45) is 1.69. The van der Waals surface area contributed by atoms with Crippen molar-refractivity contribution in [3.8, 4) is 0 Å². The molecule has 1 aliphatic heterocycles. The summed E-state index contributed by atoms with van der Waals surface area (Å²) >= 11 is 0.895. The largest absolute Gasteiger partial charge is 0.480 e. The third-order valence-electron chi connectivity index (χ3n) is 6.24. The molecule has 0 aliphatic carbocycles. The number of thioether (sulfide) groups is 1. The fourth-order valence-corrected chi connectivity index (χ4v) is 6.20. The van der Waals surface area contributed by atoms with Crippen LogP contribution in [-0.4, -0.2) is 50.0 Å². The first-order chi connectivity index (χ1) is 19.5. The molecule has 1 aliphatic rings. The predicted molar refractivity (Wildman–Crippen MR) is 149 cm³/mol.